The average molecular weight is 266 g/mol. The Morgan fingerprint density at radius 2 is 2.28 bits per heavy atom. The van der Waals surface area contributed by atoms with Crippen LogP contribution in [-0.4, -0.2) is 36.6 Å². The van der Waals surface area contributed by atoms with Crippen LogP contribution in [0.2, 0.25) is 0 Å². The van der Waals surface area contributed by atoms with Crippen molar-refractivity contribution in [1.82, 2.24) is 10.2 Å². The lowest BCUT2D eigenvalue weighted by Crippen LogP contribution is -2.44. The molecule has 1 aromatic heterocycles. The van der Waals surface area contributed by atoms with Gasteiger partial charge in [-0.1, -0.05) is 13.8 Å². The van der Waals surface area contributed by atoms with Crippen molar-refractivity contribution in [2.24, 2.45) is 5.92 Å². The second kappa shape index (κ2) is 6.69. The molecular formula is C15H26N2S. The van der Waals surface area contributed by atoms with Crippen LogP contribution in [0.25, 0.3) is 0 Å². The molecule has 102 valence electrons. The molecule has 1 saturated heterocycles. The van der Waals surface area contributed by atoms with Gasteiger partial charge in [-0.15, -0.1) is 0 Å². The van der Waals surface area contributed by atoms with E-state index in [0.29, 0.717) is 12.1 Å². The molecule has 2 nitrogen and oxygen atoms in total. The number of hydrogen-bond donors (Lipinski definition) is 1. The van der Waals surface area contributed by atoms with Crippen molar-refractivity contribution in [1.29, 1.82) is 0 Å². The molecule has 0 amide bonds. The Bertz CT molecular complexity index is 334. The number of rotatable bonds is 4. The maximum Gasteiger partial charge on any atom is 0.0218 e. The van der Waals surface area contributed by atoms with E-state index in [4.69, 9.17) is 0 Å². The van der Waals surface area contributed by atoms with Crippen molar-refractivity contribution in [3.8, 4) is 0 Å². The van der Waals surface area contributed by atoms with Gasteiger partial charge in [-0.2, -0.15) is 11.3 Å². The molecule has 0 aromatic carbocycles. The molecule has 1 aliphatic rings. The standard InChI is InChI=1S/C15H26N2S/c1-12(2)15-10-17(7-4-6-16-15)13(3)9-14-5-8-18-11-14/h5,8,11-13,15-16H,4,6-7,9-10H2,1-3H3. The van der Waals surface area contributed by atoms with Gasteiger partial charge < -0.3 is 5.32 Å². The largest absolute Gasteiger partial charge is 0.312 e. The van der Waals surface area contributed by atoms with E-state index in [1.165, 1.54) is 38.0 Å². The van der Waals surface area contributed by atoms with Crippen LogP contribution < -0.4 is 5.32 Å². The topological polar surface area (TPSA) is 15.3 Å². The second-order valence-corrected chi connectivity index (χ2v) is 6.62. The van der Waals surface area contributed by atoms with E-state index in [9.17, 15) is 0 Å². The Labute approximate surface area is 115 Å². The maximum atomic E-state index is 3.69. The Balaban J connectivity index is 1.93. The van der Waals surface area contributed by atoms with E-state index < -0.39 is 0 Å². The molecule has 1 aromatic rings. The van der Waals surface area contributed by atoms with E-state index in [1.807, 2.05) is 0 Å². The number of hydrogen-bond acceptors (Lipinski definition) is 3. The highest BCUT2D eigenvalue weighted by Crippen LogP contribution is 2.16. The van der Waals surface area contributed by atoms with Crippen molar-refractivity contribution in [3.05, 3.63) is 22.4 Å². The lowest BCUT2D eigenvalue weighted by molar-refractivity contribution is 0.190. The zero-order chi connectivity index (χ0) is 13.0. The third kappa shape index (κ3) is 3.81. The van der Waals surface area contributed by atoms with Crippen LogP contribution in [0.15, 0.2) is 16.8 Å². The summed E-state index contributed by atoms with van der Waals surface area (Å²) in [6.45, 7) is 10.6. The Morgan fingerprint density at radius 3 is 2.94 bits per heavy atom. The van der Waals surface area contributed by atoms with Gasteiger partial charge in [0, 0.05) is 18.6 Å². The van der Waals surface area contributed by atoms with Crippen LogP contribution in [-0.2, 0) is 6.42 Å². The summed E-state index contributed by atoms with van der Waals surface area (Å²) in [5.74, 6) is 0.721. The van der Waals surface area contributed by atoms with Crippen molar-refractivity contribution >= 4 is 11.3 Å². The molecule has 2 atom stereocenters. The summed E-state index contributed by atoms with van der Waals surface area (Å²) in [6.07, 6.45) is 2.46. The van der Waals surface area contributed by atoms with Gasteiger partial charge in [0.2, 0.25) is 0 Å². The fourth-order valence-electron chi connectivity index (χ4n) is 2.70. The second-order valence-electron chi connectivity index (χ2n) is 5.84. The number of nitrogens with zero attached hydrogens (tertiary/aromatic N) is 1. The molecule has 0 bridgehead atoms. The van der Waals surface area contributed by atoms with E-state index in [-0.39, 0.29) is 0 Å². The summed E-state index contributed by atoms with van der Waals surface area (Å²) in [6, 6.07) is 3.56. The van der Waals surface area contributed by atoms with Gasteiger partial charge in [0.1, 0.15) is 0 Å². The Hall–Kier alpha value is -0.380. The molecular weight excluding hydrogens is 240 g/mol. The summed E-state index contributed by atoms with van der Waals surface area (Å²) < 4.78 is 0. The molecule has 0 aliphatic carbocycles. The molecule has 0 radical (unpaired) electrons. The highest BCUT2D eigenvalue weighted by atomic mass is 32.1. The lowest BCUT2D eigenvalue weighted by atomic mass is 10.0. The fraction of sp³-hybridized carbons (Fsp3) is 0.733. The molecule has 1 fully saturated rings. The molecule has 1 N–H and O–H groups in total. The van der Waals surface area contributed by atoms with Crippen LogP contribution in [0, 0.1) is 5.92 Å². The summed E-state index contributed by atoms with van der Waals surface area (Å²) in [7, 11) is 0. The average Bonchev–Trinajstić information content (AvgIpc) is 2.70. The van der Waals surface area contributed by atoms with Gasteiger partial charge in [-0.25, -0.2) is 0 Å². The van der Waals surface area contributed by atoms with Crippen LogP contribution in [0.1, 0.15) is 32.8 Å². The molecule has 2 rings (SSSR count). The van der Waals surface area contributed by atoms with Crippen molar-refractivity contribution in [2.75, 3.05) is 19.6 Å². The predicted octanol–water partition coefficient (Wildman–Crippen LogP) is 3.00. The molecule has 18 heavy (non-hydrogen) atoms. The minimum Gasteiger partial charge on any atom is -0.312 e. The van der Waals surface area contributed by atoms with Crippen molar-refractivity contribution in [3.63, 3.8) is 0 Å². The predicted molar refractivity (Wildman–Crippen MR) is 80.3 cm³/mol. The third-order valence-corrected chi connectivity index (χ3v) is 4.73. The molecule has 1 aliphatic heterocycles. The molecule has 2 unspecified atom stereocenters. The Kier molecular flexibility index (Phi) is 5.22. The monoisotopic (exact) mass is 266 g/mol. The SMILES string of the molecule is CC(C)C1CN(C(C)Cc2ccsc2)CCCN1. The third-order valence-electron chi connectivity index (χ3n) is 4.00. The molecule has 0 spiro atoms. The normalized spacial score (nSPS) is 24.1. The zero-order valence-corrected chi connectivity index (χ0v) is 12.7. The number of nitrogens with one attached hydrogen (secondary N) is 1. The lowest BCUT2D eigenvalue weighted by Gasteiger charge is -2.31. The Morgan fingerprint density at radius 1 is 1.44 bits per heavy atom. The summed E-state index contributed by atoms with van der Waals surface area (Å²) in [5, 5.41) is 8.15. The first-order chi connectivity index (χ1) is 8.66. The van der Waals surface area contributed by atoms with E-state index in [0.717, 1.165) is 5.92 Å². The van der Waals surface area contributed by atoms with Crippen LogP contribution in [0.5, 0.6) is 0 Å². The van der Waals surface area contributed by atoms with Crippen LogP contribution >= 0.6 is 11.3 Å². The molecule has 0 saturated carbocycles. The minimum atomic E-state index is 0.650. The van der Waals surface area contributed by atoms with Gasteiger partial charge in [0.05, 0.1) is 0 Å². The minimum absolute atomic E-state index is 0.650. The first-order valence-electron chi connectivity index (χ1n) is 7.15. The molecule has 2 heterocycles. The smallest absolute Gasteiger partial charge is 0.0218 e. The highest BCUT2D eigenvalue weighted by Gasteiger charge is 2.23. The van der Waals surface area contributed by atoms with E-state index in [1.54, 1.807) is 11.3 Å². The quantitative estimate of drug-likeness (QED) is 0.901. The van der Waals surface area contributed by atoms with Gasteiger partial charge in [-0.05, 0) is 61.2 Å². The first-order valence-corrected chi connectivity index (χ1v) is 8.09. The van der Waals surface area contributed by atoms with Gasteiger partial charge >= 0.3 is 0 Å². The van der Waals surface area contributed by atoms with Gasteiger partial charge in [0.15, 0.2) is 0 Å². The van der Waals surface area contributed by atoms with Crippen molar-refractivity contribution < 1.29 is 0 Å². The van der Waals surface area contributed by atoms with Crippen LogP contribution in [0.3, 0.4) is 0 Å². The maximum absolute atomic E-state index is 3.69. The molecule has 3 heteroatoms. The highest BCUT2D eigenvalue weighted by molar-refractivity contribution is 7.07. The van der Waals surface area contributed by atoms with Crippen LogP contribution in [0.4, 0.5) is 0 Å². The summed E-state index contributed by atoms with van der Waals surface area (Å²) in [4.78, 5) is 2.67. The van der Waals surface area contributed by atoms with E-state index >= 15 is 0 Å². The van der Waals surface area contributed by atoms with E-state index in [2.05, 4.69) is 47.8 Å². The van der Waals surface area contributed by atoms with Gasteiger partial charge in [0.25, 0.3) is 0 Å². The number of thiophene rings is 1. The first kappa shape index (κ1) is 14.0. The summed E-state index contributed by atoms with van der Waals surface area (Å²) in [5.41, 5.74) is 1.49. The van der Waals surface area contributed by atoms with Gasteiger partial charge in [-0.3, -0.25) is 4.90 Å². The fourth-order valence-corrected chi connectivity index (χ4v) is 3.39. The summed E-state index contributed by atoms with van der Waals surface area (Å²) >= 11 is 1.81. The van der Waals surface area contributed by atoms with Crippen molar-refractivity contribution in [2.45, 2.75) is 45.7 Å². The zero-order valence-electron chi connectivity index (χ0n) is 11.9.